The summed E-state index contributed by atoms with van der Waals surface area (Å²) in [7, 11) is 0. The van der Waals surface area contributed by atoms with Crippen molar-refractivity contribution in [1.82, 2.24) is 4.98 Å². The molecule has 7 heteroatoms. The lowest BCUT2D eigenvalue weighted by Crippen LogP contribution is -2.24. The van der Waals surface area contributed by atoms with E-state index in [9.17, 15) is 9.18 Å². The maximum Gasteiger partial charge on any atom is 0.341 e. The molecule has 0 N–H and O–H groups in total. The van der Waals surface area contributed by atoms with Crippen LogP contribution >= 0.6 is 11.6 Å². The minimum absolute atomic E-state index is 0.0683. The largest absolute Gasteiger partial charge is 0.474 e. The number of ether oxygens (including phenoxy) is 3. The Kier molecular flexibility index (Phi) is 6.08. The number of benzene rings is 1. The Labute approximate surface area is 157 Å². The van der Waals surface area contributed by atoms with Crippen molar-refractivity contribution in [3.63, 3.8) is 0 Å². The predicted molar refractivity (Wildman–Crippen MR) is 96.7 cm³/mol. The number of hydrogen-bond acceptors (Lipinski definition) is 5. The van der Waals surface area contributed by atoms with Crippen LogP contribution in [0.3, 0.4) is 0 Å². The summed E-state index contributed by atoms with van der Waals surface area (Å²) in [6.07, 6.45) is 1.35. The quantitative estimate of drug-likeness (QED) is 0.648. The molecule has 0 bridgehead atoms. The molecule has 0 aliphatic heterocycles. The number of halogens is 2. The average Bonchev–Trinajstić information content (AvgIpc) is 2.48. The summed E-state index contributed by atoms with van der Waals surface area (Å²) in [5.74, 6) is -0.668. The van der Waals surface area contributed by atoms with Gasteiger partial charge in [-0.2, -0.15) is 0 Å². The summed E-state index contributed by atoms with van der Waals surface area (Å²) in [5.41, 5.74) is -0.870. The highest BCUT2D eigenvalue weighted by Gasteiger charge is 2.21. The molecule has 1 aromatic carbocycles. The van der Waals surface area contributed by atoms with Crippen molar-refractivity contribution in [2.45, 2.75) is 46.3 Å². The summed E-state index contributed by atoms with van der Waals surface area (Å²) in [6.45, 7) is 8.85. The third-order valence-corrected chi connectivity index (χ3v) is 3.20. The molecule has 0 atom stereocenters. The van der Waals surface area contributed by atoms with Crippen LogP contribution in [-0.2, 0) is 4.74 Å². The first-order valence-electron chi connectivity index (χ1n) is 8.08. The first-order chi connectivity index (χ1) is 12.0. The highest BCUT2D eigenvalue weighted by molar-refractivity contribution is 6.31. The molecule has 0 unspecified atom stereocenters. The number of nitrogens with zero attached hydrogens (tertiary/aromatic N) is 1. The van der Waals surface area contributed by atoms with Crippen LogP contribution in [0.15, 0.2) is 30.5 Å². The number of aromatic nitrogens is 1. The minimum Gasteiger partial charge on any atom is -0.474 e. The van der Waals surface area contributed by atoms with Crippen molar-refractivity contribution in [3.8, 4) is 17.4 Å². The predicted octanol–water partition coefficient (Wildman–Crippen LogP) is 5.41. The van der Waals surface area contributed by atoms with Crippen molar-refractivity contribution < 1.29 is 23.4 Å². The van der Waals surface area contributed by atoms with Gasteiger partial charge in [-0.25, -0.2) is 14.2 Å². The topological polar surface area (TPSA) is 57.7 Å². The molecule has 0 fully saturated rings. The minimum atomic E-state index is -0.740. The van der Waals surface area contributed by atoms with Crippen LogP contribution < -0.4 is 9.47 Å². The van der Waals surface area contributed by atoms with Crippen LogP contribution in [0.1, 0.15) is 45.0 Å². The van der Waals surface area contributed by atoms with Gasteiger partial charge in [0.1, 0.15) is 27.9 Å². The first-order valence-corrected chi connectivity index (χ1v) is 8.46. The van der Waals surface area contributed by atoms with Crippen LogP contribution in [0.5, 0.6) is 17.4 Å². The molecule has 0 saturated heterocycles. The van der Waals surface area contributed by atoms with Gasteiger partial charge in [0.2, 0.25) is 5.88 Å². The van der Waals surface area contributed by atoms with Crippen molar-refractivity contribution >= 4 is 17.6 Å². The van der Waals surface area contributed by atoms with E-state index < -0.39 is 17.4 Å². The van der Waals surface area contributed by atoms with E-state index in [0.29, 0.717) is 11.6 Å². The fraction of sp³-hybridized carbons (Fsp3) is 0.368. The van der Waals surface area contributed by atoms with Gasteiger partial charge < -0.3 is 14.2 Å². The van der Waals surface area contributed by atoms with Crippen molar-refractivity contribution in [2.24, 2.45) is 0 Å². The molecular weight excluding hydrogens is 361 g/mol. The number of pyridine rings is 1. The molecule has 0 spiro atoms. The Hall–Kier alpha value is -2.34. The lowest BCUT2D eigenvalue weighted by Gasteiger charge is -2.19. The second kappa shape index (κ2) is 7.91. The van der Waals surface area contributed by atoms with Gasteiger partial charge in [0.05, 0.1) is 17.9 Å². The fourth-order valence-corrected chi connectivity index (χ4v) is 2.17. The van der Waals surface area contributed by atoms with Gasteiger partial charge in [-0.15, -0.1) is 0 Å². The number of rotatable bonds is 5. The van der Waals surface area contributed by atoms with Gasteiger partial charge in [-0.1, -0.05) is 11.6 Å². The van der Waals surface area contributed by atoms with Gasteiger partial charge in [-0.05, 0) is 46.8 Å². The van der Waals surface area contributed by atoms with E-state index >= 15 is 0 Å². The second-order valence-electron chi connectivity index (χ2n) is 6.87. The van der Waals surface area contributed by atoms with Crippen molar-refractivity contribution in [2.75, 3.05) is 0 Å². The highest BCUT2D eigenvalue weighted by atomic mass is 35.5. The third-order valence-electron chi connectivity index (χ3n) is 2.92. The van der Waals surface area contributed by atoms with Gasteiger partial charge in [0.15, 0.2) is 0 Å². The summed E-state index contributed by atoms with van der Waals surface area (Å²) < 4.78 is 30.4. The van der Waals surface area contributed by atoms with E-state index in [1.807, 2.05) is 13.8 Å². The van der Waals surface area contributed by atoms with E-state index in [1.54, 1.807) is 20.8 Å². The lowest BCUT2D eigenvalue weighted by molar-refractivity contribution is 0.00647. The van der Waals surface area contributed by atoms with E-state index in [-0.39, 0.29) is 22.4 Å². The molecular formula is C19H21ClFNO4. The monoisotopic (exact) mass is 381 g/mol. The zero-order valence-corrected chi connectivity index (χ0v) is 16.1. The standard InChI is InChI=1S/C19H21ClFNO4/c1-11(2)24-17-15(20)8-13(10-22-17)25-12-6-7-14(16(21)9-12)18(23)26-19(3,4)5/h6-11H,1-5H3. The molecule has 0 aliphatic carbocycles. The summed E-state index contributed by atoms with van der Waals surface area (Å²) in [4.78, 5) is 16.1. The fourth-order valence-electron chi connectivity index (χ4n) is 1.97. The Balaban J connectivity index is 2.15. The molecule has 0 aliphatic rings. The molecule has 2 aromatic rings. The zero-order valence-electron chi connectivity index (χ0n) is 15.3. The van der Waals surface area contributed by atoms with Crippen LogP contribution in [0.25, 0.3) is 0 Å². The van der Waals surface area contributed by atoms with E-state index in [2.05, 4.69) is 4.98 Å². The molecule has 140 valence electrons. The van der Waals surface area contributed by atoms with Gasteiger partial charge in [0, 0.05) is 12.1 Å². The highest BCUT2D eigenvalue weighted by Crippen LogP contribution is 2.30. The molecule has 0 saturated carbocycles. The Morgan fingerprint density at radius 3 is 2.42 bits per heavy atom. The first kappa shape index (κ1) is 20.0. The Bertz CT molecular complexity index is 803. The van der Waals surface area contributed by atoms with Crippen molar-refractivity contribution in [3.05, 3.63) is 46.9 Å². The Morgan fingerprint density at radius 1 is 1.19 bits per heavy atom. The summed E-state index contributed by atoms with van der Waals surface area (Å²) in [6, 6.07) is 5.40. The van der Waals surface area contributed by atoms with Crippen LogP contribution in [0.4, 0.5) is 4.39 Å². The van der Waals surface area contributed by atoms with E-state index in [0.717, 1.165) is 6.07 Å². The number of hydrogen-bond donors (Lipinski definition) is 0. The maximum atomic E-state index is 14.2. The second-order valence-corrected chi connectivity index (χ2v) is 7.28. The third kappa shape index (κ3) is 5.59. The van der Waals surface area contributed by atoms with Crippen molar-refractivity contribution in [1.29, 1.82) is 0 Å². The molecule has 0 radical (unpaired) electrons. The van der Waals surface area contributed by atoms with Gasteiger partial charge in [-0.3, -0.25) is 0 Å². The van der Waals surface area contributed by atoms with Crippen LogP contribution in [0.2, 0.25) is 5.02 Å². The normalized spacial score (nSPS) is 11.4. The number of carbonyl (C=O) groups excluding carboxylic acids is 1. The Morgan fingerprint density at radius 2 is 1.88 bits per heavy atom. The summed E-state index contributed by atoms with van der Waals surface area (Å²) in [5, 5.41) is 0.280. The van der Waals surface area contributed by atoms with E-state index in [1.165, 1.54) is 24.4 Å². The smallest absolute Gasteiger partial charge is 0.341 e. The van der Waals surface area contributed by atoms with Gasteiger partial charge in [0.25, 0.3) is 0 Å². The molecule has 26 heavy (non-hydrogen) atoms. The molecule has 0 amide bonds. The van der Waals surface area contributed by atoms with Crippen LogP contribution in [0, 0.1) is 5.82 Å². The van der Waals surface area contributed by atoms with Gasteiger partial charge >= 0.3 is 5.97 Å². The summed E-state index contributed by atoms with van der Waals surface area (Å²) >= 11 is 6.10. The molecule has 1 heterocycles. The number of carbonyl (C=O) groups is 1. The van der Waals surface area contributed by atoms with E-state index in [4.69, 9.17) is 25.8 Å². The maximum absolute atomic E-state index is 14.2. The molecule has 5 nitrogen and oxygen atoms in total. The number of esters is 1. The average molecular weight is 382 g/mol. The van der Waals surface area contributed by atoms with Crippen LogP contribution in [-0.4, -0.2) is 22.7 Å². The zero-order chi connectivity index (χ0) is 19.5. The molecule has 1 aromatic heterocycles. The molecule has 2 rings (SSSR count). The lowest BCUT2D eigenvalue weighted by atomic mass is 10.1. The SMILES string of the molecule is CC(C)Oc1ncc(Oc2ccc(C(=O)OC(C)(C)C)c(F)c2)cc1Cl.